The van der Waals surface area contributed by atoms with Crippen LogP contribution in [0.25, 0.3) is 0 Å². The van der Waals surface area contributed by atoms with Crippen molar-refractivity contribution >= 4 is 5.91 Å². The standard InChI is InChI=1S/C18H28N2O2/c1-20(2)14-16(21)13-19-17(22)18(11-7-4-8-12-18)15-9-5-3-6-10-15/h3,5-6,9-10,16,21H,4,7-8,11-14H2,1-2H3,(H,19,22)/t16-/m1/s1. The second-order valence-electron chi connectivity index (χ2n) is 6.63. The molecular weight excluding hydrogens is 276 g/mol. The molecule has 1 fully saturated rings. The molecule has 0 heterocycles. The molecule has 2 N–H and O–H groups in total. The van der Waals surface area contributed by atoms with Gasteiger partial charge in [0.25, 0.3) is 0 Å². The normalized spacial score (nSPS) is 18.9. The summed E-state index contributed by atoms with van der Waals surface area (Å²) in [6.07, 6.45) is 4.63. The van der Waals surface area contributed by atoms with Crippen LogP contribution >= 0.6 is 0 Å². The molecule has 1 aliphatic rings. The average Bonchev–Trinajstić information content (AvgIpc) is 2.53. The molecule has 0 bridgehead atoms. The summed E-state index contributed by atoms with van der Waals surface area (Å²) in [5.41, 5.74) is 0.687. The first kappa shape index (κ1) is 17.0. The number of hydrogen-bond acceptors (Lipinski definition) is 3. The molecule has 1 aliphatic carbocycles. The SMILES string of the molecule is CN(C)C[C@H](O)CNC(=O)C1(c2ccccc2)CCCCC1. The number of rotatable bonds is 6. The molecule has 2 rings (SSSR count). The Morgan fingerprint density at radius 2 is 1.86 bits per heavy atom. The predicted molar refractivity (Wildman–Crippen MR) is 88.8 cm³/mol. The summed E-state index contributed by atoms with van der Waals surface area (Å²) in [4.78, 5) is 14.8. The van der Waals surface area contributed by atoms with Gasteiger partial charge in [0.1, 0.15) is 0 Å². The maximum absolute atomic E-state index is 12.9. The van der Waals surface area contributed by atoms with E-state index >= 15 is 0 Å². The molecule has 1 amide bonds. The molecular formula is C18H28N2O2. The van der Waals surface area contributed by atoms with E-state index in [0.717, 1.165) is 31.2 Å². The van der Waals surface area contributed by atoms with Crippen molar-refractivity contribution in [3.8, 4) is 0 Å². The Labute approximate surface area is 133 Å². The maximum atomic E-state index is 12.9. The van der Waals surface area contributed by atoms with E-state index < -0.39 is 11.5 Å². The van der Waals surface area contributed by atoms with Gasteiger partial charge in [0.15, 0.2) is 0 Å². The van der Waals surface area contributed by atoms with E-state index in [1.807, 2.05) is 37.2 Å². The van der Waals surface area contributed by atoms with Crippen LogP contribution < -0.4 is 5.32 Å². The van der Waals surface area contributed by atoms with Crippen molar-refractivity contribution < 1.29 is 9.90 Å². The number of hydrogen-bond donors (Lipinski definition) is 2. The quantitative estimate of drug-likeness (QED) is 0.844. The van der Waals surface area contributed by atoms with Crippen LogP contribution in [0.4, 0.5) is 0 Å². The minimum Gasteiger partial charge on any atom is -0.390 e. The lowest BCUT2D eigenvalue weighted by Gasteiger charge is -2.36. The number of aliphatic hydroxyl groups is 1. The van der Waals surface area contributed by atoms with Crippen molar-refractivity contribution in [2.75, 3.05) is 27.2 Å². The summed E-state index contributed by atoms with van der Waals surface area (Å²) < 4.78 is 0. The number of carbonyl (C=O) groups is 1. The van der Waals surface area contributed by atoms with Crippen LogP contribution in [-0.2, 0) is 10.2 Å². The van der Waals surface area contributed by atoms with Gasteiger partial charge < -0.3 is 15.3 Å². The number of nitrogens with zero attached hydrogens (tertiary/aromatic N) is 1. The summed E-state index contributed by atoms with van der Waals surface area (Å²) in [6.45, 7) is 0.865. The first-order valence-electron chi connectivity index (χ1n) is 8.21. The van der Waals surface area contributed by atoms with E-state index in [0.29, 0.717) is 13.1 Å². The summed E-state index contributed by atoms with van der Waals surface area (Å²) >= 11 is 0. The van der Waals surface area contributed by atoms with Crippen LogP contribution in [0.1, 0.15) is 37.7 Å². The number of carbonyl (C=O) groups excluding carboxylic acids is 1. The van der Waals surface area contributed by atoms with E-state index in [2.05, 4.69) is 17.4 Å². The lowest BCUT2D eigenvalue weighted by atomic mass is 9.68. The summed E-state index contributed by atoms with van der Waals surface area (Å²) in [7, 11) is 3.83. The van der Waals surface area contributed by atoms with Crippen LogP contribution in [0, 0.1) is 0 Å². The lowest BCUT2D eigenvalue weighted by molar-refractivity contribution is -0.128. The van der Waals surface area contributed by atoms with Gasteiger partial charge in [0, 0.05) is 13.1 Å². The summed E-state index contributed by atoms with van der Waals surface area (Å²) in [6, 6.07) is 10.1. The second-order valence-corrected chi connectivity index (χ2v) is 6.63. The van der Waals surface area contributed by atoms with Gasteiger partial charge in [-0.15, -0.1) is 0 Å². The summed E-state index contributed by atoms with van der Waals surface area (Å²) in [5, 5.41) is 12.9. The van der Waals surface area contributed by atoms with E-state index in [4.69, 9.17) is 0 Å². The number of nitrogens with one attached hydrogen (secondary N) is 1. The molecule has 1 atom stereocenters. The van der Waals surface area contributed by atoms with E-state index in [9.17, 15) is 9.90 Å². The van der Waals surface area contributed by atoms with Crippen LogP contribution in [0.3, 0.4) is 0 Å². The fourth-order valence-electron chi connectivity index (χ4n) is 3.43. The highest BCUT2D eigenvalue weighted by Crippen LogP contribution is 2.39. The zero-order valence-electron chi connectivity index (χ0n) is 13.7. The van der Waals surface area contributed by atoms with Gasteiger partial charge in [0.05, 0.1) is 11.5 Å². The van der Waals surface area contributed by atoms with Gasteiger partial charge in [-0.3, -0.25) is 4.79 Å². The zero-order chi connectivity index (χ0) is 16.0. The number of aliphatic hydroxyl groups excluding tert-OH is 1. The third kappa shape index (κ3) is 4.08. The minimum atomic E-state index is -0.532. The van der Waals surface area contributed by atoms with Crippen molar-refractivity contribution in [2.24, 2.45) is 0 Å². The fourth-order valence-corrected chi connectivity index (χ4v) is 3.43. The Bertz CT molecular complexity index is 467. The molecule has 0 saturated heterocycles. The molecule has 0 radical (unpaired) electrons. The molecule has 4 heteroatoms. The van der Waals surface area contributed by atoms with Crippen molar-refractivity contribution in [3.63, 3.8) is 0 Å². The Kier molecular flexibility index (Phi) is 5.98. The molecule has 1 aromatic carbocycles. The van der Waals surface area contributed by atoms with Crippen LogP contribution in [0.2, 0.25) is 0 Å². The Morgan fingerprint density at radius 1 is 1.23 bits per heavy atom. The van der Waals surface area contributed by atoms with Gasteiger partial charge >= 0.3 is 0 Å². The van der Waals surface area contributed by atoms with Gasteiger partial charge in [0.2, 0.25) is 5.91 Å². The average molecular weight is 304 g/mol. The molecule has 1 aromatic rings. The fraction of sp³-hybridized carbons (Fsp3) is 0.611. The van der Waals surface area contributed by atoms with Gasteiger partial charge in [-0.2, -0.15) is 0 Å². The van der Waals surface area contributed by atoms with Crippen LogP contribution in [-0.4, -0.2) is 49.2 Å². The Hall–Kier alpha value is -1.39. The monoisotopic (exact) mass is 304 g/mol. The highest BCUT2D eigenvalue weighted by molar-refractivity contribution is 5.88. The Morgan fingerprint density at radius 3 is 2.45 bits per heavy atom. The van der Waals surface area contributed by atoms with E-state index in [1.165, 1.54) is 6.42 Å². The van der Waals surface area contributed by atoms with Crippen molar-refractivity contribution in [1.82, 2.24) is 10.2 Å². The van der Waals surface area contributed by atoms with Gasteiger partial charge in [-0.1, -0.05) is 49.6 Å². The third-order valence-electron chi connectivity index (χ3n) is 4.54. The molecule has 0 aromatic heterocycles. The second kappa shape index (κ2) is 7.75. The zero-order valence-corrected chi connectivity index (χ0v) is 13.7. The number of benzene rings is 1. The summed E-state index contributed by atoms with van der Waals surface area (Å²) in [5.74, 6) is 0.0659. The van der Waals surface area contributed by atoms with Crippen LogP contribution in [0.5, 0.6) is 0 Å². The highest BCUT2D eigenvalue weighted by atomic mass is 16.3. The van der Waals surface area contributed by atoms with Gasteiger partial charge in [-0.05, 0) is 32.5 Å². The molecule has 4 nitrogen and oxygen atoms in total. The molecule has 22 heavy (non-hydrogen) atoms. The first-order chi connectivity index (χ1) is 10.5. The molecule has 122 valence electrons. The topological polar surface area (TPSA) is 52.6 Å². The van der Waals surface area contributed by atoms with Crippen molar-refractivity contribution in [3.05, 3.63) is 35.9 Å². The minimum absolute atomic E-state index is 0.0659. The van der Waals surface area contributed by atoms with Crippen molar-refractivity contribution in [1.29, 1.82) is 0 Å². The number of likely N-dealkylation sites (N-methyl/N-ethyl adjacent to an activating group) is 1. The molecule has 0 aliphatic heterocycles. The largest absolute Gasteiger partial charge is 0.390 e. The molecule has 0 spiro atoms. The lowest BCUT2D eigenvalue weighted by Crippen LogP contribution is -2.48. The van der Waals surface area contributed by atoms with Crippen LogP contribution in [0.15, 0.2) is 30.3 Å². The molecule has 0 unspecified atom stereocenters. The van der Waals surface area contributed by atoms with Crippen molar-refractivity contribution in [2.45, 2.75) is 43.6 Å². The third-order valence-corrected chi connectivity index (χ3v) is 4.54. The first-order valence-corrected chi connectivity index (χ1v) is 8.21. The number of amides is 1. The van der Waals surface area contributed by atoms with E-state index in [1.54, 1.807) is 0 Å². The van der Waals surface area contributed by atoms with E-state index in [-0.39, 0.29) is 5.91 Å². The molecule has 1 saturated carbocycles. The Balaban J connectivity index is 2.07. The maximum Gasteiger partial charge on any atom is 0.230 e. The smallest absolute Gasteiger partial charge is 0.230 e. The van der Waals surface area contributed by atoms with Gasteiger partial charge in [-0.25, -0.2) is 0 Å². The predicted octanol–water partition coefficient (Wildman–Crippen LogP) is 1.93. The highest BCUT2D eigenvalue weighted by Gasteiger charge is 2.40.